The number of rotatable bonds is 11. The molecule has 0 heterocycles. The molecule has 4 aromatic carbocycles. The second-order valence-corrected chi connectivity index (χ2v) is 16.9. The standard InChI is InChI=1S/C33H23BClF15GeN2O/c1-12(2)10-52-14-8-6-5-7-9-15(14)53(11-13(3)4)51(35)54-34(16-19(36)25(42)31(48)26(43)20(16)37,17-21(38)27(44)32(49)28(45)22(17)39)18-23(40)29(46)33(50)30(47)24(18)41/h5-9,12-13H,10-11H2,1-4H3/q-1. The van der Waals surface area contributed by atoms with Gasteiger partial charge in [0.25, 0.3) is 0 Å². The van der Waals surface area contributed by atoms with Gasteiger partial charge in [-0.1, -0.05) is 0 Å². The van der Waals surface area contributed by atoms with E-state index in [0.717, 1.165) is 3.86 Å². The first kappa shape index (κ1) is 42.9. The van der Waals surface area contributed by atoms with Crippen LogP contribution in [0.5, 0.6) is 0 Å². The van der Waals surface area contributed by atoms with Crippen LogP contribution in [0.15, 0.2) is 35.3 Å². The summed E-state index contributed by atoms with van der Waals surface area (Å²) >= 11 is -5.24. The monoisotopic (exact) mass is 868 g/mol. The van der Waals surface area contributed by atoms with E-state index >= 15 is 26.3 Å². The van der Waals surface area contributed by atoms with E-state index in [-0.39, 0.29) is 23.5 Å². The van der Waals surface area contributed by atoms with Gasteiger partial charge in [-0.05, 0) is 0 Å². The number of benzene rings is 3. The quantitative estimate of drug-likeness (QED) is 0.0669. The predicted octanol–water partition coefficient (Wildman–Crippen LogP) is 7.70. The summed E-state index contributed by atoms with van der Waals surface area (Å²) in [5.41, 5.74) is -8.81. The zero-order valence-corrected chi connectivity index (χ0v) is 30.7. The molecule has 3 nitrogen and oxygen atoms in total. The van der Waals surface area contributed by atoms with Crippen LogP contribution in [0.3, 0.4) is 0 Å². The SMILES string of the molecule is CC(C)CN=c1cccccc1[N](CC(C)C)[Ge]([Cl])[O][B-](c1c(F)c(F)c(F)c(F)c1F)(c1c(F)c(F)c(F)c(F)c1F)c1c(F)c(F)c(F)c(F)c1F. The molecule has 0 N–H and O–H groups in total. The Morgan fingerprint density at radius 2 is 0.870 bits per heavy atom. The molecule has 0 bridgehead atoms. The number of halogens is 16. The van der Waals surface area contributed by atoms with E-state index in [1.54, 1.807) is 13.8 Å². The molecule has 0 amide bonds. The molecule has 0 aliphatic carbocycles. The van der Waals surface area contributed by atoms with Crippen molar-refractivity contribution >= 4 is 52.4 Å². The summed E-state index contributed by atoms with van der Waals surface area (Å²) in [5, 5.41) is 0.0189. The molecule has 0 aromatic heterocycles. The maximum absolute atomic E-state index is 16.0. The van der Waals surface area contributed by atoms with Crippen LogP contribution in [-0.4, -0.2) is 33.4 Å². The van der Waals surface area contributed by atoms with Gasteiger partial charge in [0.15, 0.2) is 0 Å². The molecule has 4 aromatic rings. The molecule has 0 saturated carbocycles. The predicted molar refractivity (Wildman–Crippen MR) is 170 cm³/mol. The second kappa shape index (κ2) is 16.5. The molecule has 0 unspecified atom stereocenters. The zero-order chi connectivity index (χ0) is 40.7. The van der Waals surface area contributed by atoms with Crippen LogP contribution < -0.4 is 25.6 Å². The van der Waals surface area contributed by atoms with Gasteiger partial charge in [-0.15, -0.1) is 0 Å². The Morgan fingerprint density at radius 1 is 0.537 bits per heavy atom. The van der Waals surface area contributed by atoms with Crippen LogP contribution in [0.1, 0.15) is 27.7 Å². The summed E-state index contributed by atoms with van der Waals surface area (Å²) in [6.07, 6.45) is -6.30. The van der Waals surface area contributed by atoms with E-state index in [1.807, 2.05) is 0 Å². The van der Waals surface area contributed by atoms with E-state index in [4.69, 9.17) is 13.7 Å². The van der Waals surface area contributed by atoms with Crippen LogP contribution in [0, 0.1) is 99.1 Å². The molecule has 21 heteroatoms. The van der Waals surface area contributed by atoms with E-state index in [0.29, 0.717) is 0 Å². The zero-order valence-electron chi connectivity index (χ0n) is 27.9. The maximum atomic E-state index is 16.0. The van der Waals surface area contributed by atoms with Crippen LogP contribution >= 0.6 is 10.0 Å². The molecule has 0 atom stereocenters. The summed E-state index contributed by atoms with van der Waals surface area (Å²) in [6, 6.07) is 6.84. The van der Waals surface area contributed by atoms with Gasteiger partial charge in [0.1, 0.15) is 0 Å². The minimum atomic E-state index is -6.30. The normalized spacial score (nSPS) is 12.5. The Labute approximate surface area is 305 Å². The molecule has 0 aliphatic rings. The van der Waals surface area contributed by atoms with Gasteiger partial charge in [0.05, 0.1) is 0 Å². The van der Waals surface area contributed by atoms with Gasteiger partial charge < -0.3 is 0 Å². The van der Waals surface area contributed by atoms with Crippen molar-refractivity contribution in [2.24, 2.45) is 16.8 Å². The minimum absolute atomic E-state index is 0.0189. The van der Waals surface area contributed by atoms with Crippen molar-refractivity contribution in [3.05, 3.63) is 123 Å². The third-order valence-corrected chi connectivity index (χ3v) is 12.3. The number of hydrogen-bond donors (Lipinski definition) is 0. The molecule has 0 aliphatic heterocycles. The van der Waals surface area contributed by atoms with Crippen molar-refractivity contribution < 1.29 is 69.5 Å². The van der Waals surface area contributed by atoms with Crippen molar-refractivity contribution in [1.29, 1.82) is 0 Å². The van der Waals surface area contributed by atoms with E-state index in [9.17, 15) is 39.5 Å². The average Bonchev–Trinajstić information content (AvgIpc) is 3.36. The fraction of sp³-hybridized carbons (Fsp3) is 0.242. The Balaban J connectivity index is 2.38. The van der Waals surface area contributed by atoms with Crippen LogP contribution in [0.25, 0.3) is 0 Å². The van der Waals surface area contributed by atoms with Gasteiger partial charge in [0, 0.05) is 0 Å². The number of nitrogens with zero attached hydrogens (tertiary/aromatic N) is 2. The topological polar surface area (TPSA) is 24.8 Å². The second-order valence-electron chi connectivity index (χ2n) is 12.5. The van der Waals surface area contributed by atoms with Gasteiger partial charge in [-0.2, -0.15) is 0 Å². The summed E-state index contributed by atoms with van der Waals surface area (Å²) in [5.74, 6) is -47.8. The van der Waals surface area contributed by atoms with Crippen molar-refractivity contribution in [2.45, 2.75) is 27.7 Å². The van der Waals surface area contributed by atoms with Gasteiger partial charge >= 0.3 is 306 Å². The summed E-state index contributed by atoms with van der Waals surface area (Å²) in [4.78, 5) is 4.40. The third-order valence-electron chi connectivity index (χ3n) is 7.90. The van der Waals surface area contributed by atoms with E-state index in [2.05, 4.69) is 4.99 Å². The van der Waals surface area contributed by atoms with Crippen molar-refractivity contribution in [3.8, 4) is 0 Å². The Bertz CT molecular complexity index is 1940. The Hall–Kier alpha value is -3.84. The molecule has 0 spiro atoms. The molecule has 1 radical (unpaired) electrons. The number of hydrogen-bond acceptors (Lipinski definition) is 3. The van der Waals surface area contributed by atoms with Crippen molar-refractivity contribution in [3.63, 3.8) is 0 Å². The fourth-order valence-corrected chi connectivity index (χ4v) is 10.6. The molecular weight excluding hydrogens is 844 g/mol. The summed E-state index contributed by atoms with van der Waals surface area (Å²) in [6.45, 7) is 6.18. The molecular formula is C33H23BClF15GeN2O-. The molecule has 4 rings (SSSR count). The Kier molecular flexibility index (Phi) is 13.1. The number of anilines is 1. The van der Waals surface area contributed by atoms with Gasteiger partial charge in [0.2, 0.25) is 0 Å². The van der Waals surface area contributed by atoms with Crippen molar-refractivity contribution in [2.75, 3.05) is 16.9 Å². The molecule has 0 saturated heterocycles. The van der Waals surface area contributed by atoms with Crippen LogP contribution in [0.2, 0.25) is 0 Å². The average molecular weight is 867 g/mol. The first-order valence-corrected chi connectivity index (χ1v) is 20.0. The molecule has 54 heavy (non-hydrogen) atoms. The van der Waals surface area contributed by atoms with Gasteiger partial charge in [-0.25, -0.2) is 0 Å². The van der Waals surface area contributed by atoms with Crippen LogP contribution in [-0.2, 0) is 3.68 Å². The summed E-state index contributed by atoms with van der Waals surface area (Å²) < 4.78 is 235. The first-order valence-electron chi connectivity index (χ1n) is 15.4. The van der Waals surface area contributed by atoms with E-state index < -0.39 is 136 Å². The molecule has 291 valence electrons. The third kappa shape index (κ3) is 7.42. The summed E-state index contributed by atoms with van der Waals surface area (Å²) in [7, 11) is 6.71. The van der Waals surface area contributed by atoms with E-state index in [1.165, 1.54) is 44.2 Å². The Morgan fingerprint density at radius 3 is 1.20 bits per heavy atom. The molecule has 0 fully saturated rings. The van der Waals surface area contributed by atoms with Gasteiger partial charge in [-0.3, -0.25) is 0 Å². The fourth-order valence-electron chi connectivity index (χ4n) is 5.56. The van der Waals surface area contributed by atoms with Crippen molar-refractivity contribution in [1.82, 2.24) is 0 Å². The van der Waals surface area contributed by atoms with Crippen LogP contribution in [0.4, 0.5) is 71.5 Å². The first-order chi connectivity index (χ1) is 25.1.